The van der Waals surface area contributed by atoms with Crippen molar-refractivity contribution in [2.75, 3.05) is 5.33 Å². The quantitative estimate of drug-likeness (QED) is 0.799. The highest BCUT2D eigenvalue weighted by Crippen LogP contribution is 2.18. The number of hydrogen-bond acceptors (Lipinski definition) is 2. The third-order valence-corrected chi connectivity index (χ3v) is 2.40. The Balaban J connectivity index is 2.77. The molecule has 0 radical (unpaired) electrons. The molecule has 0 spiro atoms. The molecule has 72 valence electrons. The molecule has 0 aliphatic carbocycles. The van der Waals surface area contributed by atoms with E-state index < -0.39 is 12.2 Å². The number of aliphatic hydroxyl groups is 2. The van der Waals surface area contributed by atoms with Crippen molar-refractivity contribution in [2.24, 2.45) is 0 Å². The summed E-state index contributed by atoms with van der Waals surface area (Å²) in [4.78, 5) is 0. The molecular formula is C9H10BrFO2. The Morgan fingerprint density at radius 3 is 2.23 bits per heavy atom. The highest BCUT2D eigenvalue weighted by molar-refractivity contribution is 9.09. The molecule has 0 heterocycles. The molecule has 2 unspecified atom stereocenters. The van der Waals surface area contributed by atoms with Crippen LogP contribution in [-0.4, -0.2) is 21.6 Å². The first-order chi connectivity index (χ1) is 6.15. The molecule has 0 aliphatic heterocycles. The topological polar surface area (TPSA) is 40.5 Å². The summed E-state index contributed by atoms with van der Waals surface area (Å²) >= 11 is 3.04. The van der Waals surface area contributed by atoms with Gasteiger partial charge >= 0.3 is 0 Å². The Bertz CT molecular complexity index is 263. The Labute approximate surface area is 84.1 Å². The van der Waals surface area contributed by atoms with Crippen LogP contribution in [0, 0.1) is 5.82 Å². The number of halogens is 2. The van der Waals surface area contributed by atoms with E-state index in [2.05, 4.69) is 15.9 Å². The zero-order valence-corrected chi connectivity index (χ0v) is 8.41. The van der Waals surface area contributed by atoms with Crippen molar-refractivity contribution in [1.82, 2.24) is 0 Å². The van der Waals surface area contributed by atoms with Crippen molar-refractivity contribution in [1.29, 1.82) is 0 Å². The minimum Gasteiger partial charge on any atom is -0.389 e. The largest absolute Gasteiger partial charge is 0.389 e. The van der Waals surface area contributed by atoms with Gasteiger partial charge in [-0.05, 0) is 17.7 Å². The summed E-state index contributed by atoms with van der Waals surface area (Å²) in [6.07, 6.45) is -1.84. The first-order valence-electron chi connectivity index (χ1n) is 3.82. The fraction of sp³-hybridized carbons (Fsp3) is 0.333. The Morgan fingerprint density at radius 2 is 1.77 bits per heavy atom. The molecule has 2 N–H and O–H groups in total. The lowest BCUT2D eigenvalue weighted by Gasteiger charge is -2.15. The summed E-state index contributed by atoms with van der Waals surface area (Å²) in [5.41, 5.74) is 0.508. The van der Waals surface area contributed by atoms with Gasteiger partial charge in [0.05, 0.1) is 6.10 Å². The molecule has 13 heavy (non-hydrogen) atoms. The number of benzene rings is 1. The number of hydrogen-bond donors (Lipinski definition) is 2. The van der Waals surface area contributed by atoms with E-state index in [-0.39, 0.29) is 11.1 Å². The van der Waals surface area contributed by atoms with Crippen LogP contribution < -0.4 is 0 Å². The van der Waals surface area contributed by atoms with Crippen molar-refractivity contribution in [2.45, 2.75) is 12.2 Å². The molecule has 0 amide bonds. The second-order valence-corrected chi connectivity index (χ2v) is 3.37. The molecule has 1 aromatic carbocycles. The first-order valence-corrected chi connectivity index (χ1v) is 4.95. The number of alkyl halides is 1. The summed E-state index contributed by atoms with van der Waals surface area (Å²) in [5.74, 6) is -0.357. The van der Waals surface area contributed by atoms with Gasteiger partial charge in [-0.2, -0.15) is 0 Å². The van der Waals surface area contributed by atoms with Crippen LogP contribution in [-0.2, 0) is 0 Å². The lowest BCUT2D eigenvalue weighted by Crippen LogP contribution is -2.19. The normalized spacial score (nSPS) is 15.4. The standard InChI is InChI=1S/C9H10BrFO2/c10-5-8(12)9(13)6-1-3-7(11)4-2-6/h1-4,8-9,12-13H,5H2. The predicted molar refractivity (Wildman–Crippen MR) is 51.2 cm³/mol. The molecule has 4 heteroatoms. The molecule has 0 aliphatic rings. The van der Waals surface area contributed by atoms with Gasteiger partial charge in [-0.25, -0.2) is 4.39 Å². The van der Waals surface area contributed by atoms with Crippen molar-refractivity contribution in [3.63, 3.8) is 0 Å². The van der Waals surface area contributed by atoms with E-state index in [4.69, 9.17) is 0 Å². The average molecular weight is 249 g/mol. The van der Waals surface area contributed by atoms with Crippen LogP contribution in [0.5, 0.6) is 0 Å². The van der Waals surface area contributed by atoms with Crippen molar-refractivity contribution < 1.29 is 14.6 Å². The molecule has 0 saturated heterocycles. The maximum absolute atomic E-state index is 12.5. The highest BCUT2D eigenvalue weighted by Gasteiger charge is 2.16. The Hall–Kier alpha value is -0.450. The lowest BCUT2D eigenvalue weighted by molar-refractivity contribution is 0.0342. The number of aliphatic hydroxyl groups excluding tert-OH is 2. The van der Waals surface area contributed by atoms with Gasteiger partial charge in [0, 0.05) is 5.33 Å². The van der Waals surface area contributed by atoms with Crippen LogP contribution in [0.25, 0.3) is 0 Å². The zero-order valence-electron chi connectivity index (χ0n) is 6.82. The molecule has 1 aromatic rings. The van der Waals surface area contributed by atoms with Crippen LogP contribution in [0.15, 0.2) is 24.3 Å². The smallest absolute Gasteiger partial charge is 0.123 e. The van der Waals surface area contributed by atoms with E-state index in [1.807, 2.05) is 0 Å². The summed E-state index contributed by atoms with van der Waals surface area (Å²) in [5, 5.41) is 19.0. The minimum atomic E-state index is -0.972. The first kappa shape index (κ1) is 10.6. The summed E-state index contributed by atoms with van der Waals surface area (Å²) < 4.78 is 12.5. The van der Waals surface area contributed by atoms with Gasteiger partial charge in [0.25, 0.3) is 0 Å². The van der Waals surface area contributed by atoms with Gasteiger partial charge in [0.2, 0.25) is 0 Å². The Kier molecular flexibility index (Phi) is 3.84. The summed E-state index contributed by atoms with van der Waals surface area (Å²) in [7, 11) is 0. The molecule has 0 bridgehead atoms. The van der Waals surface area contributed by atoms with Crippen molar-refractivity contribution in [3.05, 3.63) is 35.6 Å². The van der Waals surface area contributed by atoms with Crippen molar-refractivity contribution >= 4 is 15.9 Å². The maximum Gasteiger partial charge on any atom is 0.123 e. The predicted octanol–water partition coefficient (Wildman–Crippen LogP) is 1.61. The second-order valence-electron chi connectivity index (χ2n) is 2.72. The van der Waals surface area contributed by atoms with E-state index >= 15 is 0 Å². The molecule has 1 rings (SSSR count). The molecule has 0 fully saturated rings. The van der Waals surface area contributed by atoms with Gasteiger partial charge in [0.1, 0.15) is 11.9 Å². The molecule has 0 aromatic heterocycles. The van der Waals surface area contributed by atoms with E-state index in [1.54, 1.807) is 0 Å². The van der Waals surface area contributed by atoms with Gasteiger partial charge in [-0.3, -0.25) is 0 Å². The monoisotopic (exact) mass is 248 g/mol. The van der Waals surface area contributed by atoms with Gasteiger partial charge < -0.3 is 10.2 Å². The fourth-order valence-electron chi connectivity index (χ4n) is 0.966. The van der Waals surface area contributed by atoms with E-state index in [0.29, 0.717) is 5.56 Å². The molecular weight excluding hydrogens is 239 g/mol. The third-order valence-electron chi connectivity index (χ3n) is 1.73. The SMILES string of the molecule is OC(CBr)C(O)c1ccc(F)cc1. The maximum atomic E-state index is 12.5. The van der Waals surface area contributed by atoms with E-state index in [9.17, 15) is 14.6 Å². The third kappa shape index (κ3) is 2.76. The van der Waals surface area contributed by atoms with Gasteiger partial charge in [-0.1, -0.05) is 28.1 Å². The van der Waals surface area contributed by atoms with Crippen LogP contribution in [0.2, 0.25) is 0 Å². The van der Waals surface area contributed by atoms with Gasteiger partial charge in [0.15, 0.2) is 0 Å². The van der Waals surface area contributed by atoms with Crippen LogP contribution >= 0.6 is 15.9 Å². The second kappa shape index (κ2) is 4.69. The molecule has 2 atom stereocenters. The van der Waals surface area contributed by atoms with Crippen LogP contribution in [0.3, 0.4) is 0 Å². The van der Waals surface area contributed by atoms with E-state index in [0.717, 1.165) is 0 Å². The van der Waals surface area contributed by atoms with Crippen LogP contribution in [0.4, 0.5) is 4.39 Å². The van der Waals surface area contributed by atoms with E-state index in [1.165, 1.54) is 24.3 Å². The van der Waals surface area contributed by atoms with Crippen molar-refractivity contribution in [3.8, 4) is 0 Å². The zero-order chi connectivity index (χ0) is 9.84. The summed E-state index contributed by atoms with van der Waals surface area (Å²) in [6.45, 7) is 0. The summed E-state index contributed by atoms with van der Waals surface area (Å²) in [6, 6.07) is 5.40. The molecule has 2 nitrogen and oxygen atoms in total. The van der Waals surface area contributed by atoms with Crippen LogP contribution in [0.1, 0.15) is 11.7 Å². The van der Waals surface area contributed by atoms with Gasteiger partial charge in [-0.15, -0.1) is 0 Å². The minimum absolute atomic E-state index is 0.283. The lowest BCUT2D eigenvalue weighted by atomic mass is 10.1. The fourth-order valence-corrected chi connectivity index (χ4v) is 1.32. The number of rotatable bonds is 3. The Morgan fingerprint density at radius 1 is 1.23 bits per heavy atom. The molecule has 0 saturated carbocycles. The average Bonchev–Trinajstić information content (AvgIpc) is 2.17. The highest BCUT2D eigenvalue weighted by atomic mass is 79.9.